The maximum absolute atomic E-state index is 12.5. The van der Waals surface area contributed by atoms with Crippen molar-refractivity contribution >= 4 is 5.91 Å². The zero-order valence-corrected chi connectivity index (χ0v) is 15.5. The van der Waals surface area contributed by atoms with Gasteiger partial charge in [0.25, 0.3) is 5.91 Å². The van der Waals surface area contributed by atoms with Crippen LogP contribution < -0.4 is 19.5 Å². The highest BCUT2D eigenvalue weighted by Gasteiger charge is 2.17. The molecule has 4 rings (SSSR count). The fraction of sp³-hybridized carbons (Fsp3) is 0.250. The van der Waals surface area contributed by atoms with Crippen LogP contribution in [0.4, 0.5) is 0 Å². The molecule has 8 nitrogen and oxygen atoms in total. The monoisotopic (exact) mass is 381 g/mol. The Labute approximate surface area is 161 Å². The molecule has 0 radical (unpaired) electrons. The number of carbonyl (C=O) groups is 1. The van der Waals surface area contributed by atoms with E-state index in [-0.39, 0.29) is 25.3 Å². The van der Waals surface area contributed by atoms with Crippen molar-refractivity contribution in [1.29, 1.82) is 0 Å². The second kappa shape index (κ2) is 7.59. The smallest absolute Gasteiger partial charge is 0.251 e. The highest BCUT2D eigenvalue weighted by atomic mass is 16.7. The maximum Gasteiger partial charge on any atom is 0.251 e. The number of ether oxygens (including phenoxy) is 3. The van der Waals surface area contributed by atoms with E-state index < -0.39 is 0 Å². The highest BCUT2D eigenvalue weighted by Crippen LogP contribution is 2.34. The highest BCUT2D eigenvalue weighted by molar-refractivity contribution is 5.94. The number of hydrogen-bond donors (Lipinski definition) is 1. The number of rotatable bonds is 6. The predicted molar refractivity (Wildman–Crippen MR) is 98.3 cm³/mol. The number of benzene rings is 2. The molecule has 1 aromatic heterocycles. The van der Waals surface area contributed by atoms with Crippen LogP contribution in [-0.2, 0) is 6.61 Å². The molecule has 2 aromatic carbocycles. The second-order valence-electron chi connectivity index (χ2n) is 6.35. The van der Waals surface area contributed by atoms with Gasteiger partial charge in [0.05, 0.1) is 6.04 Å². The molecule has 1 N–H and O–H groups in total. The molecule has 3 aromatic rings. The first-order valence-electron chi connectivity index (χ1n) is 8.81. The van der Waals surface area contributed by atoms with Gasteiger partial charge in [-0.15, -0.1) is 0 Å². The fourth-order valence-corrected chi connectivity index (χ4v) is 2.80. The van der Waals surface area contributed by atoms with E-state index in [0.29, 0.717) is 34.5 Å². The number of amides is 1. The van der Waals surface area contributed by atoms with E-state index >= 15 is 0 Å². The predicted octanol–water partition coefficient (Wildman–Crippen LogP) is 3.18. The van der Waals surface area contributed by atoms with Gasteiger partial charge in [0.2, 0.25) is 18.5 Å². The van der Waals surface area contributed by atoms with Crippen molar-refractivity contribution in [2.45, 2.75) is 26.5 Å². The molecule has 0 aliphatic carbocycles. The van der Waals surface area contributed by atoms with Gasteiger partial charge < -0.3 is 24.1 Å². The topological polar surface area (TPSA) is 95.7 Å². The van der Waals surface area contributed by atoms with Crippen LogP contribution in [0.1, 0.15) is 40.6 Å². The molecule has 1 aliphatic rings. The van der Waals surface area contributed by atoms with Gasteiger partial charge in [-0.3, -0.25) is 4.79 Å². The molecular formula is C20H19N3O5. The number of fused-ring (bicyclic) bond motifs is 1. The minimum absolute atomic E-state index is 0.175. The molecule has 1 atom stereocenters. The third-order valence-electron chi connectivity index (χ3n) is 4.30. The number of nitrogens with zero attached hydrogens (tertiary/aromatic N) is 2. The Kier molecular flexibility index (Phi) is 4.84. The Morgan fingerprint density at radius 2 is 1.96 bits per heavy atom. The molecule has 2 heterocycles. The quantitative estimate of drug-likeness (QED) is 0.700. The van der Waals surface area contributed by atoms with Crippen molar-refractivity contribution in [1.82, 2.24) is 15.5 Å². The van der Waals surface area contributed by atoms with Gasteiger partial charge in [-0.25, -0.2) is 0 Å². The zero-order valence-electron chi connectivity index (χ0n) is 15.5. The number of hydrogen-bond acceptors (Lipinski definition) is 7. The first-order chi connectivity index (χ1) is 13.6. The molecule has 0 spiro atoms. The summed E-state index contributed by atoms with van der Waals surface area (Å²) in [6, 6.07) is 12.3. The average Bonchev–Trinajstić information content (AvgIpc) is 3.34. The van der Waals surface area contributed by atoms with Crippen molar-refractivity contribution in [3.8, 4) is 17.2 Å². The molecule has 0 fully saturated rings. The third kappa shape index (κ3) is 3.90. The van der Waals surface area contributed by atoms with Gasteiger partial charge in [0.15, 0.2) is 18.1 Å². The van der Waals surface area contributed by atoms with Gasteiger partial charge in [-0.2, -0.15) is 4.98 Å². The van der Waals surface area contributed by atoms with Gasteiger partial charge in [0, 0.05) is 12.5 Å². The summed E-state index contributed by atoms with van der Waals surface area (Å²) in [4.78, 5) is 16.6. The van der Waals surface area contributed by atoms with Crippen LogP contribution in [0.3, 0.4) is 0 Å². The van der Waals surface area contributed by atoms with Crippen LogP contribution in [0, 0.1) is 6.92 Å². The molecule has 8 heteroatoms. The van der Waals surface area contributed by atoms with E-state index in [0.717, 1.165) is 5.56 Å². The van der Waals surface area contributed by atoms with Crippen molar-refractivity contribution in [3.63, 3.8) is 0 Å². The minimum Gasteiger partial charge on any atom is -0.485 e. The van der Waals surface area contributed by atoms with E-state index in [9.17, 15) is 4.79 Å². The lowest BCUT2D eigenvalue weighted by Gasteiger charge is -2.15. The summed E-state index contributed by atoms with van der Waals surface area (Å²) in [5, 5.41) is 6.74. The maximum atomic E-state index is 12.5. The summed E-state index contributed by atoms with van der Waals surface area (Å²) in [6.07, 6.45) is 0. The van der Waals surface area contributed by atoms with E-state index in [1.165, 1.54) is 0 Å². The van der Waals surface area contributed by atoms with Crippen LogP contribution in [0.2, 0.25) is 0 Å². The normalized spacial score (nSPS) is 13.2. The van der Waals surface area contributed by atoms with Crippen molar-refractivity contribution in [2.75, 3.05) is 6.79 Å². The van der Waals surface area contributed by atoms with Crippen LogP contribution in [0.25, 0.3) is 0 Å². The van der Waals surface area contributed by atoms with Crippen LogP contribution in [0.5, 0.6) is 17.2 Å². The molecule has 0 saturated carbocycles. The standard InChI is InChI=1S/C20H19N3O5/c1-12(15-5-8-17-18(9-15)27-11-26-17)21-20(24)14-3-6-16(7-4-14)25-10-19-22-13(2)28-23-19/h3-9,12H,10-11H2,1-2H3,(H,21,24)/t12-/m1/s1. The SMILES string of the molecule is Cc1nc(COc2ccc(C(=O)N[C@H](C)c3ccc4c(c3)OCO4)cc2)no1. The zero-order chi connectivity index (χ0) is 19.5. The number of carbonyl (C=O) groups excluding carboxylic acids is 1. The van der Waals surface area contributed by atoms with Crippen molar-refractivity contribution < 1.29 is 23.5 Å². The summed E-state index contributed by atoms with van der Waals surface area (Å²) in [6.45, 7) is 4.05. The number of nitrogens with one attached hydrogen (secondary N) is 1. The largest absolute Gasteiger partial charge is 0.485 e. The molecular weight excluding hydrogens is 362 g/mol. The van der Waals surface area contributed by atoms with Gasteiger partial charge in [0.1, 0.15) is 5.75 Å². The van der Waals surface area contributed by atoms with E-state index in [1.807, 2.05) is 25.1 Å². The fourth-order valence-electron chi connectivity index (χ4n) is 2.80. The minimum atomic E-state index is -0.181. The summed E-state index contributed by atoms with van der Waals surface area (Å²) in [5.41, 5.74) is 1.48. The van der Waals surface area contributed by atoms with Crippen LogP contribution in [-0.4, -0.2) is 22.8 Å². The summed E-state index contributed by atoms with van der Waals surface area (Å²) in [5.74, 6) is 2.80. The van der Waals surface area contributed by atoms with Crippen molar-refractivity contribution in [2.24, 2.45) is 0 Å². The van der Waals surface area contributed by atoms with E-state index in [1.54, 1.807) is 31.2 Å². The van der Waals surface area contributed by atoms with Gasteiger partial charge in [-0.1, -0.05) is 11.2 Å². The third-order valence-corrected chi connectivity index (χ3v) is 4.30. The molecule has 144 valence electrons. The Balaban J connectivity index is 1.35. The van der Waals surface area contributed by atoms with Crippen LogP contribution >= 0.6 is 0 Å². The number of aryl methyl sites for hydroxylation is 1. The lowest BCUT2D eigenvalue weighted by molar-refractivity contribution is 0.0939. The van der Waals surface area contributed by atoms with Crippen LogP contribution in [0.15, 0.2) is 47.0 Å². The Morgan fingerprint density at radius 3 is 2.71 bits per heavy atom. The molecule has 1 amide bonds. The average molecular weight is 381 g/mol. The number of aromatic nitrogens is 2. The van der Waals surface area contributed by atoms with E-state index in [2.05, 4.69) is 15.5 Å². The lowest BCUT2D eigenvalue weighted by atomic mass is 10.1. The Bertz CT molecular complexity index is 984. The Morgan fingerprint density at radius 1 is 1.18 bits per heavy atom. The molecule has 28 heavy (non-hydrogen) atoms. The summed E-state index contributed by atoms with van der Waals surface area (Å²) < 4.78 is 21.2. The molecule has 0 saturated heterocycles. The first-order valence-corrected chi connectivity index (χ1v) is 8.81. The summed E-state index contributed by atoms with van der Waals surface area (Å²) >= 11 is 0. The van der Waals surface area contributed by atoms with Gasteiger partial charge in [-0.05, 0) is 48.9 Å². The van der Waals surface area contributed by atoms with Gasteiger partial charge >= 0.3 is 0 Å². The summed E-state index contributed by atoms with van der Waals surface area (Å²) in [7, 11) is 0. The van der Waals surface area contributed by atoms with Crippen molar-refractivity contribution in [3.05, 3.63) is 65.3 Å². The molecule has 0 unspecified atom stereocenters. The Hall–Kier alpha value is -3.55. The van der Waals surface area contributed by atoms with E-state index in [4.69, 9.17) is 18.7 Å². The molecule has 0 bridgehead atoms. The second-order valence-corrected chi connectivity index (χ2v) is 6.35. The molecule has 1 aliphatic heterocycles. The first kappa shape index (κ1) is 17.8. The lowest BCUT2D eigenvalue weighted by Crippen LogP contribution is -2.26.